The summed E-state index contributed by atoms with van der Waals surface area (Å²) in [7, 11) is 1.62. The van der Waals surface area contributed by atoms with Gasteiger partial charge >= 0.3 is 5.97 Å². The fraction of sp³-hybridized carbons (Fsp3) is 0.261. The molecule has 1 heterocycles. The number of carbonyl (C=O) groups is 2. The molecule has 0 radical (unpaired) electrons. The minimum atomic E-state index is -0.593. The van der Waals surface area contributed by atoms with Gasteiger partial charge in [-0.25, -0.2) is 9.78 Å². The number of pyridine rings is 1. The van der Waals surface area contributed by atoms with Crippen LogP contribution in [0.1, 0.15) is 28.9 Å². The molecule has 4 rings (SSSR count). The van der Waals surface area contributed by atoms with Gasteiger partial charge in [0.05, 0.1) is 12.6 Å². The molecule has 0 unspecified atom stereocenters. The van der Waals surface area contributed by atoms with Crippen LogP contribution in [0.2, 0.25) is 0 Å². The standard InChI is InChI=1S/C23H22N2O4/c1-28-19-11-6-16(7-12-19)14-25(18-9-10-18)22(26)15-29-23(27)21-13-8-17-4-2-3-5-20(17)24-21/h2-8,11-13,18H,9-10,14-15H2,1H3. The molecule has 1 amide bonds. The molecule has 0 saturated heterocycles. The molecule has 1 aliphatic rings. The average molecular weight is 390 g/mol. The van der Waals surface area contributed by atoms with Gasteiger partial charge in [-0.15, -0.1) is 0 Å². The summed E-state index contributed by atoms with van der Waals surface area (Å²) in [6, 6.07) is 18.8. The van der Waals surface area contributed by atoms with Crippen LogP contribution in [0.5, 0.6) is 5.75 Å². The van der Waals surface area contributed by atoms with Gasteiger partial charge in [0.2, 0.25) is 0 Å². The number of methoxy groups -OCH3 is 1. The van der Waals surface area contributed by atoms with Crippen LogP contribution in [-0.4, -0.2) is 41.5 Å². The fourth-order valence-electron chi connectivity index (χ4n) is 3.20. The lowest BCUT2D eigenvalue weighted by molar-refractivity contribution is -0.135. The Morgan fingerprint density at radius 2 is 1.79 bits per heavy atom. The quantitative estimate of drug-likeness (QED) is 0.577. The molecule has 2 aromatic carbocycles. The van der Waals surface area contributed by atoms with Crippen molar-refractivity contribution in [2.75, 3.05) is 13.7 Å². The predicted molar refractivity (Wildman–Crippen MR) is 109 cm³/mol. The Labute approximate surface area is 169 Å². The van der Waals surface area contributed by atoms with Gasteiger partial charge in [0.1, 0.15) is 11.4 Å². The zero-order valence-electron chi connectivity index (χ0n) is 16.2. The summed E-state index contributed by atoms with van der Waals surface area (Å²) in [5, 5.41) is 0.944. The summed E-state index contributed by atoms with van der Waals surface area (Å²) in [6.07, 6.45) is 1.95. The largest absolute Gasteiger partial charge is 0.497 e. The van der Waals surface area contributed by atoms with Crippen LogP contribution >= 0.6 is 0 Å². The number of hydrogen-bond acceptors (Lipinski definition) is 5. The van der Waals surface area contributed by atoms with Gasteiger partial charge in [0.15, 0.2) is 6.61 Å². The summed E-state index contributed by atoms with van der Waals surface area (Å²) < 4.78 is 10.4. The number of amides is 1. The predicted octanol–water partition coefficient (Wildman–Crippen LogP) is 3.59. The summed E-state index contributed by atoms with van der Waals surface area (Å²) >= 11 is 0. The molecule has 148 valence electrons. The van der Waals surface area contributed by atoms with Gasteiger partial charge in [-0.3, -0.25) is 4.79 Å². The Balaban J connectivity index is 1.38. The van der Waals surface area contributed by atoms with E-state index in [-0.39, 0.29) is 24.2 Å². The molecule has 0 atom stereocenters. The highest BCUT2D eigenvalue weighted by atomic mass is 16.5. The maximum Gasteiger partial charge on any atom is 0.357 e. The molecule has 0 N–H and O–H groups in total. The van der Waals surface area contributed by atoms with Crippen molar-refractivity contribution in [3.05, 3.63) is 71.9 Å². The number of hydrogen-bond donors (Lipinski definition) is 0. The Bertz CT molecular complexity index is 1030. The fourth-order valence-corrected chi connectivity index (χ4v) is 3.20. The third kappa shape index (κ3) is 4.54. The second-order valence-corrected chi connectivity index (χ2v) is 7.07. The van der Waals surface area contributed by atoms with Crippen LogP contribution in [0.4, 0.5) is 0 Å². The summed E-state index contributed by atoms with van der Waals surface area (Å²) in [4.78, 5) is 31.2. The van der Waals surface area contributed by atoms with Crippen molar-refractivity contribution >= 4 is 22.8 Å². The molecular weight excluding hydrogens is 368 g/mol. The molecular formula is C23H22N2O4. The topological polar surface area (TPSA) is 68.7 Å². The van der Waals surface area contributed by atoms with Gasteiger partial charge < -0.3 is 14.4 Å². The van der Waals surface area contributed by atoms with E-state index in [0.29, 0.717) is 12.1 Å². The molecule has 0 bridgehead atoms. The number of esters is 1. The third-order valence-corrected chi connectivity index (χ3v) is 4.95. The molecule has 1 fully saturated rings. The molecule has 1 aromatic heterocycles. The molecule has 0 spiro atoms. The molecule has 6 heteroatoms. The van der Waals surface area contributed by atoms with Crippen LogP contribution in [-0.2, 0) is 16.1 Å². The van der Waals surface area contributed by atoms with E-state index in [9.17, 15) is 9.59 Å². The van der Waals surface area contributed by atoms with Crippen LogP contribution in [0.25, 0.3) is 10.9 Å². The van der Waals surface area contributed by atoms with E-state index in [0.717, 1.165) is 29.5 Å². The summed E-state index contributed by atoms with van der Waals surface area (Å²) in [5.41, 5.74) is 1.92. The van der Waals surface area contributed by atoms with Crippen molar-refractivity contribution in [2.45, 2.75) is 25.4 Å². The van der Waals surface area contributed by atoms with Gasteiger partial charge in [0, 0.05) is 18.0 Å². The van der Waals surface area contributed by atoms with Gasteiger partial charge in [-0.2, -0.15) is 0 Å². The number of fused-ring (bicyclic) bond motifs is 1. The summed E-state index contributed by atoms with van der Waals surface area (Å²) in [6.45, 7) is 0.194. The number of nitrogens with zero attached hydrogens (tertiary/aromatic N) is 2. The first-order chi connectivity index (χ1) is 14.1. The number of aromatic nitrogens is 1. The van der Waals surface area contributed by atoms with E-state index in [4.69, 9.17) is 9.47 Å². The van der Waals surface area contributed by atoms with Gasteiger partial charge in [-0.1, -0.05) is 36.4 Å². The van der Waals surface area contributed by atoms with Crippen molar-refractivity contribution in [3.8, 4) is 5.75 Å². The molecule has 6 nitrogen and oxygen atoms in total. The first kappa shape index (κ1) is 18.9. The van der Waals surface area contributed by atoms with E-state index < -0.39 is 5.97 Å². The van der Waals surface area contributed by atoms with E-state index in [2.05, 4.69) is 4.98 Å². The molecule has 0 aliphatic heterocycles. The van der Waals surface area contributed by atoms with Crippen molar-refractivity contribution in [2.24, 2.45) is 0 Å². The zero-order valence-corrected chi connectivity index (χ0v) is 16.2. The Morgan fingerprint density at radius 3 is 2.52 bits per heavy atom. The Morgan fingerprint density at radius 1 is 1.03 bits per heavy atom. The highest BCUT2D eigenvalue weighted by molar-refractivity contribution is 5.92. The van der Waals surface area contributed by atoms with Gasteiger partial charge in [-0.05, 0) is 42.7 Å². The lowest BCUT2D eigenvalue weighted by atomic mass is 10.2. The minimum absolute atomic E-state index is 0.197. The number of carbonyl (C=O) groups excluding carboxylic acids is 2. The number of ether oxygens (including phenoxy) is 2. The Hall–Kier alpha value is -3.41. The van der Waals surface area contributed by atoms with E-state index >= 15 is 0 Å². The third-order valence-electron chi connectivity index (χ3n) is 4.95. The highest BCUT2D eigenvalue weighted by Crippen LogP contribution is 2.29. The number of rotatable bonds is 7. The maximum absolute atomic E-state index is 12.7. The van der Waals surface area contributed by atoms with Crippen molar-refractivity contribution in [1.82, 2.24) is 9.88 Å². The lowest BCUT2D eigenvalue weighted by Gasteiger charge is -2.22. The normalized spacial score (nSPS) is 13.1. The summed E-state index contributed by atoms with van der Waals surface area (Å²) in [5.74, 6) is -0.0170. The van der Waals surface area contributed by atoms with E-state index in [1.807, 2.05) is 54.6 Å². The first-order valence-electron chi connectivity index (χ1n) is 9.59. The Kier molecular flexibility index (Phi) is 5.42. The monoisotopic (exact) mass is 390 g/mol. The lowest BCUT2D eigenvalue weighted by Crippen LogP contribution is -2.36. The maximum atomic E-state index is 12.7. The van der Waals surface area contributed by atoms with Crippen LogP contribution in [0.15, 0.2) is 60.7 Å². The van der Waals surface area contributed by atoms with Crippen molar-refractivity contribution < 1.29 is 19.1 Å². The average Bonchev–Trinajstić information content (AvgIpc) is 3.61. The molecule has 1 aliphatic carbocycles. The minimum Gasteiger partial charge on any atom is -0.497 e. The number of para-hydroxylation sites is 1. The molecule has 1 saturated carbocycles. The van der Waals surface area contributed by atoms with Crippen molar-refractivity contribution in [1.29, 1.82) is 0 Å². The number of benzene rings is 2. The van der Waals surface area contributed by atoms with Crippen LogP contribution < -0.4 is 4.74 Å². The SMILES string of the molecule is COc1ccc(CN(C(=O)COC(=O)c2ccc3ccccc3n2)C2CC2)cc1. The smallest absolute Gasteiger partial charge is 0.357 e. The van der Waals surface area contributed by atoms with E-state index in [1.165, 1.54) is 0 Å². The second kappa shape index (κ2) is 8.31. The van der Waals surface area contributed by atoms with Crippen LogP contribution in [0, 0.1) is 0 Å². The van der Waals surface area contributed by atoms with Gasteiger partial charge in [0.25, 0.3) is 5.91 Å². The van der Waals surface area contributed by atoms with Crippen LogP contribution in [0.3, 0.4) is 0 Å². The highest BCUT2D eigenvalue weighted by Gasteiger charge is 2.33. The second-order valence-electron chi connectivity index (χ2n) is 7.07. The first-order valence-corrected chi connectivity index (χ1v) is 9.59. The van der Waals surface area contributed by atoms with E-state index in [1.54, 1.807) is 18.1 Å². The van der Waals surface area contributed by atoms with Crippen molar-refractivity contribution in [3.63, 3.8) is 0 Å². The molecule has 29 heavy (non-hydrogen) atoms. The zero-order chi connectivity index (χ0) is 20.2. The molecule has 3 aromatic rings.